The first kappa shape index (κ1) is 21.1. The van der Waals surface area contributed by atoms with E-state index in [2.05, 4.69) is 34.6 Å². The summed E-state index contributed by atoms with van der Waals surface area (Å²) >= 11 is 0. The van der Waals surface area contributed by atoms with Crippen molar-refractivity contribution in [1.82, 2.24) is 0 Å². The van der Waals surface area contributed by atoms with Crippen molar-refractivity contribution in [2.45, 2.75) is 79.8 Å². The average Bonchev–Trinajstić information content (AvgIpc) is 2.26. The van der Waals surface area contributed by atoms with Crippen LogP contribution in [0.15, 0.2) is 0 Å². The molecule has 0 bridgehead atoms. The van der Waals surface area contributed by atoms with Gasteiger partial charge < -0.3 is 9.79 Å². The molecule has 128 valence electrons. The zero-order valence-electron chi connectivity index (χ0n) is 14.6. The molecule has 0 saturated heterocycles. The highest BCUT2D eigenvalue weighted by molar-refractivity contribution is 7.46. The van der Waals surface area contributed by atoms with Gasteiger partial charge in [-0.25, -0.2) is 4.57 Å². The molecule has 0 aromatic rings. The molecule has 0 aliphatic carbocycles. The Morgan fingerprint density at radius 2 is 1.48 bits per heavy atom. The third-order valence-corrected chi connectivity index (χ3v) is 5.07. The van der Waals surface area contributed by atoms with E-state index in [1.165, 1.54) is 12.8 Å². The van der Waals surface area contributed by atoms with Crippen molar-refractivity contribution in [2.24, 2.45) is 23.7 Å². The second-order valence-corrected chi connectivity index (χ2v) is 7.94. The third-order valence-electron chi connectivity index (χ3n) is 4.46. The molecule has 5 unspecified atom stereocenters. The van der Waals surface area contributed by atoms with Crippen LogP contribution < -0.4 is 0 Å². The van der Waals surface area contributed by atoms with E-state index < -0.39 is 13.9 Å². The van der Waals surface area contributed by atoms with Crippen molar-refractivity contribution in [3.63, 3.8) is 0 Å². The Bertz CT molecular complexity index is 315. The predicted octanol–water partition coefficient (Wildman–Crippen LogP) is 5.00. The Hall–Kier alpha value is 0.110. The fraction of sp³-hybridized carbons (Fsp3) is 1.00. The lowest BCUT2D eigenvalue weighted by atomic mass is 9.74. The molecule has 0 rings (SSSR count). The zero-order chi connectivity index (χ0) is 16.6. The first-order valence-electron chi connectivity index (χ1n) is 8.36. The Labute approximate surface area is 130 Å². The summed E-state index contributed by atoms with van der Waals surface area (Å²) in [5.74, 6) is 1.62. The first-order chi connectivity index (χ1) is 9.62. The van der Waals surface area contributed by atoms with Crippen LogP contribution in [0.2, 0.25) is 0 Å². The van der Waals surface area contributed by atoms with Gasteiger partial charge in [0.1, 0.15) is 0 Å². The van der Waals surface area contributed by atoms with Crippen LogP contribution in [0.4, 0.5) is 0 Å². The van der Waals surface area contributed by atoms with E-state index >= 15 is 0 Å². The Morgan fingerprint density at radius 1 is 0.952 bits per heavy atom. The summed E-state index contributed by atoms with van der Waals surface area (Å²) in [5.41, 5.74) is 0. The monoisotopic (exact) mass is 322 g/mol. The van der Waals surface area contributed by atoms with Gasteiger partial charge in [0.2, 0.25) is 0 Å². The van der Waals surface area contributed by atoms with Gasteiger partial charge in [-0.3, -0.25) is 4.52 Å². The molecule has 4 nitrogen and oxygen atoms in total. The number of phosphoric ester groups is 1. The van der Waals surface area contributed by atoms with Crippen LogP contribution in [0.1, 0.15) is 73.6 Å². The van der Waals surface area contributed by atoms with Gasteiger partial charge in [0.05, 0.1) is 6.10 Å². The highest BCUT2D eigenvalue weighted by atomic mass is 31.2. The smallest absolute Gasteiger partial charge is 0.303 e. The maximum absolute atomic E-state index is 11.1. The molecule has 0 fully saturated rings. The van der Waals surface area contributed by atoms with Crippen molar-refractivity contribution in [1.29, 1.82) is 0 Å². The van der Waals surface area contributed by atoms with Crippen LogP contribution in [0.5, 0.6) is 0 Å². The van der Waals surface area contributed by atoms with E-state index in [0.717, 1.165) is 19.3 Å². The molecule has 0 heterocycles. The van der Waals surface area contributed by atoms with Gasteiger partial charge in [-0.2, -0.15) is 0 Å². The van der Waals surface area contributed by atoms with Crippen molar-refractivity contribution in [3.8, 4) is 0 Å². The SMILES string of the molecule is CCCC(C)CC(C)C(C(C)CCC)C(C)OP(=O)(O)O. The van der Waals surface area contributed by atoms with Gasteiger partial charge in [0.15, 0.2) is 0 Å². The molecule has 5 atom stereocenters. The minimum Gasteiger partial charge on any atom is -0.303 e. The number of hydrogen-bond acceptors (Lipinski definition) is 2. The minimum absolute atomic E-state index is 0.178. The average molecular weight is 322 g/mol. The normalized spacial score (nSPS) is 19.8. The standard InChI is InChI=1S/C16H35O4P/c1-7-9-12(3)11-14(5)16(13(4)10-8-2)15(6)20-21(17,18)19/h12-16H,7-11H2,1-6H3,(H2,17,18,19). The number of hydrogen-bond donors (Lipinski definition) is 2. The number of rotatable bonds is 11. The molecular formula is C16H35O4P. The molecule has 0 aromatic heterocycles. The lowest BCUT2D eigenvalue weighted by Crippen LogP contribution is -2.32. The molecule has 0 spiro atoms. The fourth-order valence-electron chi connectivity index (χ4n) is 3.82. The van der Waals surface area contributed by atoms with Crippen molar-refractivity contribution in [2.75, 3.05) is 0 Å². The predicted molar refractivity (Wildman–Crippen MR) is 88.0 cm³/mol. The largest absolute Gasteiger partial charge is 0.469 e. The lowest BCUT2D eigenvalue weighted by Gasteiger charge is -2.35. The lowest BCUT2D eigenvalue weighted by molar-refractivity contribution is 0.0408. The highest BCUT2D eigenvalue weighted by Crippen LogP contribution is 2.43. The zero-order valence-corrected chi connectivity index (χ0v) is 15.5. The molecule has 0 saturated carbocycles. The molecule has 21 heavy (non-hydrogen) atoms. The quantitative estimate of drug-likeness (QED) is 0.525. The Balaban J connectivity index is 4.90. The van der Waals surface area contributed by atoms with Gasteiger partial charge in [0, 0.05) is 0 Å². The van der Waals surface area contributed by atoms with Crippen molar-refractivity contribution >= 4 is 7.82 Å². The molecular weight excluding hydrogens is 287 g/mol. The third kappa shape index (κ3) is 8.97. The van der Waals surface area contributed by atoms with E-state index in [1.807, 2.05) is 0 Å². The van der Waals surface area contributed by atoms with Crippen LogP contribution in [0.3, 0.4) is 0 Å². The van der Waals surface area contributed by atoms with Crippen LogP contribution in [0, 0.1) is 23.7 Å². The van der Waals surface area contributed by atoms with E-state index in [1.54, 1.807) is 6.92 Å². The minimum atomic E-state index is -4.42. The van der Waals surface area contributed by atoms with Crippen molar-refractivity contribution < 1.29 is 18.9 Å². The van der Waals surface area contributed by atoms with E-state index in [9.17, 15) is 4.57 Å². The Morgan fingerprint density at radius 3 is 1.90 bits per heavy atom. The maximum Gasteiger partial charge on any atom is 0.469 e. The summed E-state index contributed by atoms with van der Waals surface area (Å²) < 4.78 is 16.1. The summed E-state index contributed by atoms with van der Waals surface area (Å²) in [6, 6.07) is 0. The fourth-order valence-corrected chi connectivity index (χ4v) is 4.40. The van der Waals surface area contributed by atoms with E-state index in [0.29, 0.717) is 17.8 Å². The second-order valence-electron chi connectivity index (χ2n) is 6.75. The van der Waals surface area contributed by atoms with Gasteiger partial charge in [0.25, 0.3) is 0 Å². The summed E-state index contributed by atoms with van der Waals surface area (Å²) in [6.07, 6.45) is 5.19. The molecule has 2 N–H and O–H groups in total. The van der Waals surface area contributed by atoms with Gasteiger partial charge in [-0.05, 0) is 37.0 Å². The van der Waals surface area contributed by atoms with Crippen LogP contribution in [-0.2, 0) is 9.09 Å². The van der Waals surface area contributed by atoms with Gasteiger partial charge >= 0.3 is 7.82 Å². The van der Waals surface area contributed by atoms with Crippen molar-refractivity contribution in [3.05, 3.63) is 0 Å². The van der Waals surface area contributed by atoms with Crippen LogP contribution in [0.25, 0.3) is 0 Å². The summed E-state index contributed by atoms with van der Waals surface area (Å²) in [5, 5.41) is 0. The number of phosphoric acid groups is 1. The summed E-state index contributed by atoms with van der Waals surface area (Å²) in [7, 11) is -4.42. The topological polar surface area (TPSA) is 66.8 Å². The molecule has 0 aliphatic rings. The molecule has 0 aromatic carbocycles. The van der Waals surface area contributed by atoms with E-state index in [4.69, 9.17) is 14.3 Å². The molecule has 5 heteroatoms. The first-order valence-corrected chi connectivity index (χ1v) is 9.89. The highest BCUT2D eigenvalue weighted by Gasteiger charge is 2.33. The van der Waals surface area contributed by atoms with Gasteiger partial charge in [-0.15, -0.1) is 0 Å². The second kappa shape index (κ2) is 9.99. The maximum atomic E-state index is 11.1. The summed E-state index contributed by atoms with van der Waals surface area (Å²) in [4.78, 5) is 18.2. The van der Waals surface area contributed by atoms with Gasteiger partial charge in [-0.1, -0.05) is 60.3 Å². The van der Waals surface area contributed by atoms with Crippen LogP contribution in [-0.4, -0.2) is 15.9 Å². The Kier molecular flexibility index (Phi) is 10.0. The molecule has 0 aliphatic heterocycles. The molecule has 0 radical (unpaired) electrons. The molecule has 0 amide bonds. The van der Waals surface area contributed by atoms with Crippen LogP contribution >= 0.6 is 7.82 Å². The van der Waals surface area contributed by atoms with E-state index in [-0.39, 0.29) is 5.92 Å². The summed E-state index contributed by atoms with van der Waals surface area (Å²) in [6.45, 7) is 12.8.